The Morgan fingerprint density at radius 3 is 1.67 bits per heavy atom. The molecular weight excluding hydrogens is 306 g/mol. The largest absolute Gasteiger partial charge is 0.478 e. The van der Waals surface area contributed by atoms with Crippen molar-refractivity contribution in [1.82, 2.24) is 4.48 Å². The van der Waals surface area contributed by atoms with Crippen LogP contribution >= 0.6 is 0 Å². The number of carboxylic acid groups (broad SMARTS) is 2. The van der Waals surface area contributed by atoms with E-state index in [9.17, 15) is 9.59 Å². The van der Waals surface area contributed by atoms with Gasteiger partial charge in [0.2, 0.25) is 0 Å². The maximum absolute atomic E-state index is 9.55. The minimum Gasteiger partial charge on any atom is -0.478 e. The zero-order chi connectivity index (χ0) is 18.0. The van der Waals surface area contributed by atoms with Gasteiger partial charge in [0.1, 0.15) is 12.2 Å². The van der Waals surface area contributed by atoms with Crippen molar-refractivity contribution < 1.29 is 19.8 Å². The SMILES string of the molecule is C[N+](C)(Cc1ccccc1)c1ccccc1.O=C(O)/C=C\C(=O)O. The fourth-order valence-electron chi connectivity index (χ4n) is 2.11. The first kappa shape index (κ1) is 19.1. The molecule has 5 heteroatoms. The number of hydrogen-bond donors (Lipinski definition) is 2. The van der Waals surface area contributed by atoms with Gasteiger partial charge in [-0.1, -0.05) is 48.5 Å². The van der Waals surface area contributed by atoms with E-state index in [0.29, 0.717) is 12.2 Å². The molecule has 126 valence electrons. The van der Waals surface area contributed by atoms with Crippen LogP contribution in [0.4, 0.5) is 5.69 Å². The summed E-state index contributed by atoms with van der Waals surface area (Å²) in [5.41, 5.74) is 2.71. The molecule has 0 saturated heterocycles. The maximum Gasteiger partial charge on any atom is 0.328 e. The topological polar surface area (TPSA) is 74.6 Å². The quantitative estimate of drug-likeness (QED) is 0.653. The first-order valence-corrected chi connectivity index (χ1v) is 7.38. The third-order valence-corrected chi connectivity index (χ3v) is 3.24. The van der Waals surface area contributed by atoms with Crippen LogP contribution in [0.25, 0.3) is 0 Å². The van der Waals surface area contributed by atoms with Crippen LogP contribution < -0.4 is 4.48 Å². The summed E-state index contributed by atoms with van der Waals surface area (Å²) >= 11 is 0. The van der Waals surface area contributed by atoms with Crippen LogP contribution in [0, 0.1) is 0 Å². The maximum atomic E-state index is 9.55. The molecular formula is C19H22NO4+. The first-order valence-electron chi connectivity index (χ1n) is 7.38. The van der Waals surface area contributed by atoms with E-state index in [1.165, 1.54) is 11.3 Å². The van der Waals surface area contributed by atoms with Gasteiger partial charge in [0.15, 0.2) is 0 Å². The van der Waals surface area contributed by atoms with Crippen LogP contribution in [0.5, 0.6) is 0 Å². The van der Waals surface area contributed by atoms with E-state index < -0.39 is 11.9 Å². The zero-order valence-corrected chi connectivity index (χ0v) is 13.8. The molecule has 24 heavy (non-hydrogen) atoms. The Labute approximate surface area is 141 Å². The van der Waals surface area contributed by atoms with Gasteiger partial charge in [-0.25, -0.2) is 9.59 Å². The molecule has 0 fully saturated rings. The molecule has 0 unspecified atom stereocenters. The van der Waals surface area contributed by atoms with Gasteiger partial charge in [-0.3, -0.25) is 4.48 Å². The molecule has 2 aromatic carbocycles. The van der Waals surface area contributed by atoms with Gasteiger partial charge in [-0.05, 0) is 12.1 Å². The molecule has 5 nitrogen and oxygen atoms in total. The number of aliphatic carboxylic acids is 2. The lowest BCUT2D eigenvalue weighted by Gasteiger charge is -2.29. The first-order chi connectivity index (χ1) is 11.3. The third-order valence-electron chi connectivity index (χ3n) is 3.24. The smallest absolute Gasteiger partial charge is 0.328 e. The average molecular weight is 328 g/mol. The molecule has 0 amide bonds. The van der Waals surface area contributed by atoms with E-state index in [2.05, 4.69) is 74.8 Å². The molecule has 0 heterocycles. The lowest BCUT2D eigenvalue weighted by Crippen LogP contribution is -2.39. The standard InChI is InChI=1S/C15H18N.C4H4O4/c1-16(2,15-11-7-4-8-12-15)13-14-9-5-3-6-10-14;5-3(6)1-2-4(7)8/h3-12H,13H2,1-2H3;1-2H,(H,5,6)(H,7,8)/q+1;/b;2-1-. The van der Waals surface area contributed by atoms with Gasteiger partial charge in [-0.2, -0.15) is 0 Å². The fourth-order valence-corrected chi connectivity index (χ4v) is 2.11. The van der Waals surface area contributed by atoms with E-state index in [1.54, 1.807) is 0 Å². The summed E-state index contributed by atoms with van der Waals surface area (Å²) in [4.78, 5) is 19.1. The Hall–Kier alpha value is -2.92. The van der Waals surface area contributed by atoms with Crippen LogP contribution in [-0.4, -0.2) is 36.2 Å². The molecule has 0 bridgehead atoms. The summed E-state index contributed by atoms with van der Waals surface area (Å²) in [6.07, 6.45) is 1.12. The summed E-state index contributed by atoms with van der Waals surface area (Å²) in [6, 6.07) is 21.2. The summed E-state index contributed by atoms with van der Waals surface area (Å²) in [7, 11) is 4.48. The zero-order valence-electron chi connectivity index (χ0n) is 13.8. The number of carboxylic acids is 2. The van der Waals surface area contributed by atoms with Gasteiger partial charge >= 0.3 is 11.9 Å². The normalized spacial score (nSPS) is 10.8. The van der Waals surface area contributed by atoms with Crippen molar-refractivity contribution in [2.24, 2.45) is 0 Å². The summed E-state index contributed by atoms with van der Waals surface area (Å²) in [5, 5.41) is 15.6. The fraction of sp³-hybridized carbons (Fsp3) is 0.158. The van der Waals surface area contributed by atoms with E-state index in [0.717, 1.165) is 11.0 Å². The summed E-state index contributed by atoms with van der Waals surface area (Å²) in [5.74, 6) is -2.51. The Morgan fingerprint density at radius 2 is 1.25 bits per heavy atom. The molecule has 2 aromatic rings. The van der Waals surface area contributed by atoms with Gasteiger partial charge in [0.05, 0.1) is 14.1 Å². The van der Waals surface area contributed by atoms with Crippen molar-refractivity contribution in [2.75, 3.05) is 14.1 Å². The summed E-state index contributed by atoms with van der Waals surface area (Å²) < 4.78 is 0.880. The molecule has 2 rings (SSSR count). The molecule has 0 aromatic heterocycles. The van der Waals surface area contributed by atoms with Gasteiger partial charge < -0.3 is 10.2 Å². The number of quaternary nitrogens is 1. The number of hydrogen-bond acceptors (Lipinski definition) is 2. The highest BCUT2D eigenvalue weighted by Crippen LogP contribution is 2.21. The molecule has 0 radical (unpaired) electrons. The van der Waals surface area contributed by atoms with Crippen molar-refractivity contribution in [2.45, 2.75) is 6.54 Å². The second kappa shape index (κ2) is 9.27. The molecule has 0 aliphatic carbocycles. The predicted molar refractivity (Wildman–Crippen MR) is 94.6 cm³/mol. The number of carbonyl (C=O) groups is 2. The number of benzene rings is 2. The summed E-state index contributed by atoms with van der Waals surface area (Å²) in [6.45, 7) is 1.02. The Bertz CT molecular complexity index is 663. The van der Waals surface area contributed by atoms with Gasteiger partial charge in [0.25, 0.3) is 0 Å². The third kappa shape index (κ3) is 7.38. The Balaban J connectivity index is 0.000000307. The van der Waals surface area contributed by atoms with E-state index in [1.807, 2.05) is 0 Å². The van der Waals surface area contributed by atoms with Crippen molar-refractivity contribution in [3.05, 3.63) is 78.4 Å². The van der Waals surface area contributed by atoms with Crippen LogP contribution in [0.2, 0.25) is 0 Å². The minimum absolute atomic E-state index is 0.558. The average Bonchev–Trinajstić information content (AvgIpc) is 2.55. The van der Waals surface area contributed by atoms with Crippen molar-refractivity contribution in [1.29, 1.82) is 0 Å². The highest BCUT2D eigenvalue weighted by molar-refractivity contribution is 5.89. The van der Waals surface area contributed by atoms with E-state index >= 15 is 0 Å². The van der Waals surface area contributed by atoms with Crippen molar-refractivity contribution in [3.8, 4) is 0 Å². The van der Waals surface area contributed by atoms with Crippen LogP contribution in [0.1, 0.15) is 5.56 Å². The number of nitrogens with zero attached hydrogens (tertiary/aromatic N) is 1. The van der Waals surface area contributed by atoms with Gasteiger partial charge in [-0.15, -0.1) is 0 Å². The molecule has 0 spiro atoms. The van der Waals surface area contributed by atoms with Crippen molar-refractivity contribution in [3.63, 3.8) is 0 Å². The predicted octanol–water partition coefficient (Wildman–Crippen LogP) is 3.17. The molecule has 0 aliphatic heterocycles. The monoisotopic (exact) mass is 328 g/mol. The Kier molecular flexibility index (Phi) is 7.39. The van der Waals surface area contributed by atoms with E-state index in [-0.39, 0.29) is 0 Å². The second-order valence-electron chi connectivity index (χ2n) is 5.67. The van der Waals surface area contributed by atoms with E-state index in [4.69, 9.17) is 10.2 Å². The van der Waals surface area contributed by atoms with Gasteiger partial charge in [0, 0.05) is 17.7 Å². The molecule has 0 aliphatic rings. The highest BCUT2D eigenvalue weighted by atomic mass is 16.4. The molecule has 2 N–H and O–H groups in total. The lowest BCUT2D eigenvalue weighted by atomic mass is 10.2. The van der Waals surface area contributed by atoms with Crippen LogP contribution in [0.3, 0.4) is 0 Å². The minimum atomic E-state index is -1.26. The van der Waals surface area contributed by atoms with Crippen LogP contribution in [0.15, 0.2) is 72.8 Å². The highest BCUT2D eigenvalue weighted by Gasteiger charge is 2.18. The molecule has 0 atom stereocenters. The Morgan fingerprint density at radius 1 is 0.833 bits per heavy atom. The number of para-hydroxylation sites is 1. The second-order valence-corrected chi connectivity index (χ2v) is 5.67. The number of rotatable bonds is 5. The van der Waals surface area contributed by atoms with Crippen molar-refractivity contribution >= 4 is 17.6 Å². The molecule has 0 saturated carbocycles. The lowest BCUT2D eigenvalue weighted by molar-refractivity contribution is -0.134. The van der Waals surface area contributed by atoms with Crippen LogP contribution in [-0.2, 0) is 16.1 Å².